The number of anilines is 2. The van der Waals surface area contributed by atoms with Gasteiger partial charge in [0, 0.05) is 29.9 Å². The number of nitrogens with one attached hydrogen (secondary N) is 1. The molecule has 2 saturated heterocycles. The Hall–Kier alpha value is -1.91. The number of hydrogen-bond donors (Lipinski definition) is 1. The monoisotopic (exact) mass is 568 g/mol. The normalized spacial score (nSPS) is 28.1. The summed E-state index contributed by atoms with van der Waals surface area (Å²) in [6, 6.07) is 8.11. The van der Waals surface area contributed by atoms with Crippen molar-refractivity contribution in [1.29, 1.82) is 0 Å². The Labute approximate surface area is 232 Å². The van der Waals surface area contributed by atoms with Crippen molar-refractivity contribution in [1.82, 2.24) is 9.78 Å². The Morgan fingerprint density at radius 3 is 2.58 bits per heavy atom. The van der Waals surface area contributed by atoms with Gasteiger partial charge >= 0.3 is 0 Å². The van der Waals surface area contributed by atoms with E-state index in [9.17, 15) is 9.18 Å². The van der Waals surface area contributed by atoms with E-state index < -0.39 is 5.67 Å². The number of ether oxygens (including phenoxy) is 3. The van der Waals surface area contributed by atoms with E-state index >= 15 is 0 Å². The molecule has 3 fully saturated rings. The van der Waals surface area contributed by atoms with Crippen molar-refractivity contribution in [2.24, 2.45) is 0 Å². The van der Waals surface area contributed by atoms with Crippen LogP contribution in [0.25, 0.3) is 0 Å². The van der Waals surface area contributed by atoms with Gasteiger partial charge in [0.05, 0.1) is 57.0 Å². The lowest BCUT2D eigenvalue weighted by Gasteiger charge is -2.40. The summed E-state index contributed by atoms with van der Waals surface area (Å²) < 4.78 is 33.2. The van der Waals surface area contributed by atoms with E-state index in [1.54, 1.807) is 0 Å². The van der Waals surface area contributed by atoms with Crippen LogP contribution in [-0.2, 0) is 14.2 Å². The molecule has 11 heteroatoms. The van der Waals surface area contributed by atoms with Gasteiger partial charge in [-0.3, -0.25) is 4.79 Å². The van der Waals surface area contributed by atoms with E-state index in [2.05, 4.69) is 15.3 Å². The van der Waals surface area contributed by atoms with Crippen molar-refractivity contribution < 1.29 is 18.6 Å². The first kappa shape index (κ1) is 27.6. The van der Waals surface area contributed by atoms with Crippen LogP contribution in [0, 0.1) is 0 Å². The zero-order chi connectivity index (χ0) is 26.5. The van der Waals surface area contributed by atoms with Crippen LogP contribution in [0.2, 0.25) is 10.0 Å². The summed E-state index contributed by atoms with van der Waals surface area (Å²) in [6.07, 6.45) is 5.97. The lowest BCUT2D eigenvalue weighted by atomic mass is 9.89. The van der Waals surface area contributed by atoms with Gasteiger partial charge in [-0.15, -0.1) is 0 Å². The number of alkyl halides is 1. The van der Waals surface area contributed by atoms with Gasteiger partial charge in [-0.2, -0.15) is 5.10 Å². The third-order valence-corrected chi connectivity index (χ3v) is 8.33. The second-order valence-corrected chi connectivity index (χ2v) is 11.3. The van der Waals surface area contributed by atoms with Gasteiger partial charge in [0.2, 0.25) is 0 Å². The molecule has 0 spiro atoms. The Kier molecular flexibility index (Phi) is 9.10. The molecule has 3 aliphatic rings. The molecule has 208 valence electrons. The fourth-order valence-corrected chi connectivity index (χ4v) is 5.94. The van der Waals surface area contributed by atoms with Crippen LogP contribution in [0.4, 0.5) is 15.8 Å². The quantitative estimate of drug-likeness (QED) is 0.486. The minimum Gasteiger partial charge on any atom is -0.379 e. The molecule has 2 aromatic rings. The van der Waals surface area contributed by atoms with E-state index in [0.717, 1.165) is 37.9 Å². The predicted molar refractivity (Wildman–Crippen MR) is 147 cm³/mol. The molecule has 3 heterocycles. The maximum absolute atomic E-state index is 14.9. The predicted octanol–water partition coefficient (Wildman–Crippen LogP) is 4.89. The molecule has 0 amide bonds. The fourth-order valence-electron chi connectivity index (χ4n) is 5.61. The zero-order valence-corrected chi connectivity index (χ0v) is 22.9. The smallest absolute Gasteiger partial charge is 0.287 e. The molecule has 38 heavy (non-hydrogen) atoms. The number of hydrogen-bond acceptors (Lipinski definition) is 7. The molecule has 0 radical (unpaired) electrons. The van der Waals surface area contributed by atoms with Crippen molar-refractivity contribution in [3.63, 3.8) is 0 Å². The van der Waals surface area contributed by atoms with Gasteiger partial charge < -0.3 is 24.4 Å². The third kappa shape index (κ3) is 6.62. The van der Waals surface area contributed by atoms with Crippen molar-refractivity contribution in [3.05, 3.63) is 50.9 Å². The van der Waals surface area contributed by atoms with Crippen molar-refractivity contribution >= 4 is 34.6 Å². The van der Waals surface area contributed by atoms with Crippen LogP contribution < -0.4 is 15.8 Å². The van der Waals surface area contributed by atoms with Gasteiger partial charge in [0.25, 0.3) is 5.56 Å². The molecular weight excluding hydrogens is 534 g/mol. The highest BCUT2D eigenvalue weighted by atomic mass is 35.5. The Balaban J connectivity index is 1.24. The van der Waals surface area contributed by atoms with Crippen LogP contribution in [0.1, 0.15) is 44.6 Å². The summed E-state index contributed by atoms with van der Waals surface area (Å²) >= 11 is 12.6. The molecule has 1 aromatic heterocycles. The van der Waals surface area contributed by atoms with Gasteiger partial charge in [-0.25, -0.2) is 9.07 Å². The van der Waals surface area contributed by atoms with Crippen molar-refractivity contribution in [2.45, 2.75) is 62.4 Å². The number of halogens is 3. The number of nitrogens with zero attached hydrogens (tertiary/aromatic N) is 3. The van der Waals surface area contributed by atoms with Crippen molar-refractivity contribution in [2.75, 3.05) is 56.3 Å². The molecule has 1 aliphatic carbocycles. The minimum atomic E-state index is -1.47. The molecule has 8 nitrogen and oxygen atoms in total. The van der Waals surface area contributed by atoms with Gasteiger partial charge in [0.15, 0.2) is 5.67 Å². The third-order valence-electron chi connectivity index (χ3n) is 7.71. The van der Waals surface area contributed by atoms with E-state index in [1.165, 1.54) is 10.9 Å². The summed E-state index contributed by atoms with van der Waals surface area (Å²) in [6.45, 7) is 3.18. The SMILES string of the molecule is O=c1c(Cl)c(NC[C@@]2(F)CCCOC2)cnn1[C@H]1CC[C@@H](N(C[C@@H]2COCCO2)c2ccc(Cl)cc2)CC1. The first-order valence-corrected chi connectivity index (χ1v) is 14.2. The van der Waals surface area contributed by atoms with E-state index in [4.69, 9.17) is 37.4 Å². The van der Waals surface area contributed by atoms with E-state index in [0.29, 0.717) is 50.0 Å². The van der Waals surface area contributed by atoms with E-state index in [-0.39, 0.29) is 41.9 Å². The highest BCUT2D eigenvalue weighted by molar-refractivity contribution is 6.33. The fraction of sp³-hybridized carbons (Fsp3) is 0.630. The number of aromatic nitrogens is 2. The number of benzene rings is 1. The van der Waals surface area contributed by atoms with Crippen LogP contribution in [0.3, 0.4) is 0 Å². The highest BCUT2D eigenvalue weighted by Crippen LogP contribution is 2.34. The molecular formula is C27H35Cl2FN4O4. The Morgan fingerprint density at radius 2 is 1.89 bits per heavy atom. The summed E-state index contributed by atoms with van der Waals surface area (Å²) in [7, 11) is 0. The zero-order valence-electron chi connectivity index (χ0n) is 21.4. The molecule has 1 N–H and O–H groups in total. The van der Waals surface area contributed by atoms with Crippen molar-refractivity contribution in [3.8, 4) is 0 Å². The minimum absolute atomic E-state index is 0.00363. The van der Waals surface area contributed by atoms with Gasteiger partial charge in [-0.05, 0) is 62.8 Å². The first-order valence-electron chi connectivity index (χ1n) is 13.4. The molecule has 2 atom stereocenters. The average molecular weight is 570 g/mol. The Morgan fingerprint density at radius 1 is 1.11 bits per heavy atom. The average Bonchev–Trinajstić information content (AvgIpc) is 2.94. The molecule has 5 rings (SSSR count). The maximum atomic E-state index is 14.9. The first-order chi connectivity index (χ1) is 18.4. The summed E-state index contributed by atoms with van der Waals surface area (Å²) in [5.74, 6) is 0. The largest absolute Gasteiger partial charge is 0.379 e. The topological polar surface area (TPSA) is 77.9 Å². The van der Waals surface area contributed by atoms with Crippen LogP contribution in [0.15, 0.2) is 35.3 Å². The van der Waals surface area contributed by atoms with Gasteiger partial charge in [-0.1, -0.05) is 23.2 Å². The summed E-state index contributed by atoms with van der Waals surface area (Å²) in [5.41, 5.74) is -0.377. The molecule has 0 unspecified atom stereocenters. The lowest BCUT2D eigenvalue weighted by Crippen LogP contribution is -2.46. The van der Waals surface area contributed by atoms with Gasteiger partial charge in [0.1, 0.15) is 5.02 Å². The lowest BCUT2D eigenvalue weighted by molar-refractivity contribution is -0.0847. The molecule has 0 bridgehead atoms. The van der Waals surface area contributed by atoms with Crippen LogP contribution in [-0.4, -0.2) is 73.7 Å². The molecule has 1 aromatic carbocycles. The molecule has 1 saturated carbocycles. The second kappa shape index (κ2) is 12.5. The van der Waals surface area contributed by atoms with Crippen LogP contribution >= 0.6 is 23.2 Å². The summed E-state index contributed by atoms with van der Waals surface area (Å²) in [4.78, 5) is 15.5. The highest BCUT2D eigenvalue weighted by Gasteiger charge is 2.34. The second-order valence-electron chi connectivity index (χ2n) is 10.4. The van der Waals surface area contributed by atoms with Crippen LogP contribution in [0.5, 0.6) is 0 Å². The Bertz CT molecular complexity index is 1120. The maximum Gasteiger partial charge on any atom is 0.287 e. The number of rotatable bonds is 8. The molecule has 2 aliphatic heterocycles. The standard InChI is InChI=1S/C27H35Cl2FN4O4/c28-19-2-4-20(5-3-19)33(15-23-16-36-12-13-38-23)21-6-8-22(9-7-21)34-26(35)25(29)24(14-32-34)31-17-27(30)10-1-11-37-18-27/h2-5,14,21-23,31H,1,6-13,15-18H2/t21-,22+,23-,27+/m1/s1. The van der Waals surface area contributed by atoms with E-state index in [1.807, 2.05) is 24.3 Å². The summed E-state index contributed by atoms with van der Waals surface area (Å²) in [5, 5.41) is 8.13.